The molecule has 4 aliphatic heterocycles. The summed E-state index contributed by atoms with van der Waals surface area (Å²) >= 11 is 0. The van der Waals surface area contributed by atoms with Crippen LogP contribution in [0.4, 0.5) is 0 Å². The molecule has 1 spiro atoms. The van der Waals surface area contributed by atoms with Crippen molar-refractivity contribution in [2.75, 3.05) is 6.61 Å². The summed E-state index contributed by atoms with van der Waals surface area (Å²) in [5, 5.41) is 5.53. The summed E-state index contributed by atoms with van der Waals surface area (Å²) in [5.74, 6) is -2.20. The molecule has 9 nitrogen and oxygen atoms in total. The molecule has 4 heterocycles. The standard InChI is InChI=1S/C17H26N2O7/c1-8-14(21)19-17(6-10(20)18-8)13-12(24-16(4,5)26-13)11(25-17)9-7-22-15(2,3)23-9/h8-9,11-13H,6-7H2,1-5H3,(H,18,20)(H,19,21)/t8-,9+,11+,12+,13+,17+/m0/s1. The molecule has 26 heavy (non-hydrogen) atoms. The Hall–Kier alpha value is -1.26. The maximum absolute atomic E-state index is 12.4. The van der Waals surface area contributed by atoms with Gasteiger partial charge in [0, 0.05) is 0 Å². The largest absolute Gasteiger partial charge is 0.348 e. The third-order valence-electron chi connectivity index (χ3n) is 5.18. The molecule has 4 saturated heterocycles. The third kappa shape index (κ3) is 2.91. The van der Waals surface area contributed by atoms with E-state index in [0.29, 0.717) is 6.61 Å². The molecular weight excluding hydrogens is 344 g/mol. The van der Waals surface area contributed by atoms with Crippen LogP contribution in [0.2, 0.25) is 0 Å². The fourth-order valence-corrected chi connectivity index (χ4v) is 4.13. The fraction of sp³-hybridized carbons (Fsp3) is 0.882. The predicted molar refractivity (Wildman–Crippen MR) is 86.7 cm³/mol. The first-order chi connectivity index (χ1) is 12.0. The van der Waals surface area contributed by atoms with Gasteiger partial charge < -0.3 is 34.3 Å². The molecule has 4 fully saturated rings. The van der Waals surface area contributed by atoms with Crippen molar-refractivity contribution in [1.29, 1.82) is 0 Å². The molecule has 0 saturated carbocycles. The number of fused-ring (bicyclic) bond motifs is 2. The maximum Gasteiger partial charge on any atom is 0.244 e. The van der Waals surface area contributed by atoms with Gasteiger partial charge in [0.2, 0.25) is 11.8 Å². The van der Waals surface area contributed by atoms with Crippen molar-refractivity contribution in [3.8, 4) is 0 Å². The van der Waals surface area contributed by atoms with Crippen LogP contribution in [0.15, 0.2) is 0 Å². The van der Waals surface area contributed by atoms with Gasteiger partial charge in [0.05, 0.1) is 13.0 Å². The number of hydrogen-bond donors (Lipinski definition) is 2. The van der Waals surface area contributed by atoms with Crippen molar-refractivity contribution in [2.45, 2.75) is 88.8 Å². The molecule has 4 rings (SSSR count). The quantitative estimate of drug-likeness (QED) is 0.657. The number of hydrogen-bond acceptors (Lipinski definition) is 7. The lowest BCUT2D eigenvalue weighted by Gasteiger charge is -2.34. The Kier molecular flexibility index (Phi) is 3.92. The number of nitrogens with one attached hydrogen (secondary N) is 2. The van der Waals surface area contributed by atoms with Crippen LogP contribution < -0.4 is 10.6 Å². The Bertz CT molecular complexity index is 637. The summed E-state index contributed by atoms with van der Waals surface area (Å²) in [5.41, 5.74) is -1.30. The van der Waals surface area contributed by atoms with E-state index in [2.05, 4.69) is 10.6 Å². The van der Waals surface area contributed by atoms with Crippen LogP contribution in [0.1, 0.15) is 41.0 Å². The van der Waals surface area contributed by atoms with Gasteiger partial charge in [-0.1, -0.05) is 0 Å². The molecule has 0 bridgehead atoms. The second-order valence-corrected chi connectivity index (χ2v) is 8.32. The Balaban J connectivity index is 1.67. The molecular formula is C17H26N2O7. The van der Waals surface area contributed by atoms with Crippen molar-refractivity contribution >= 4 is 11.8 Å². The van der Waals surface area contributed by atoms with E-state index < -0.39 is 47.8 Å². The molecule has 0 aromatic heterocycles. The molecule has 146 valence electrons. The first-order valence-electron chi connectivity index (χ1n) is 8.97. The highest BCUT2D eigenvalue weighted by Gasteiger charge is 2.67. The summed E-state index contributed by atoms with van der Waals surface area (Å²) < 4.78 is 30.0. The summed E-state index contributed by atoms with van der Waals surface area (Å²) in [6, 6.07) is -0.650. The monoisotopic (exact) mass is 370 g/mol. The van der Waals surface area contributed by atoms with E-state index in [4.69, 9.17) is 23.7 Å². The molecule has 0 unspecified atom stereocenters. The lowest BCUT2D eigenvalue weighted by atomic mass is 9.97. The zero-order valence-corrected chi connectivity index (χ0v) is 15.7. The van der Waals surface area contributed by atoms with Crippen molar-refractivity contribution in [3.63, 3.8) is 0 Å². The van der Waals surface area contributed by atoms with E-state index in [0.717, 1.165) is 0 Å². The third-order valence-corrected chi connectivity index (χ3v) is 5.18. The first kappa shape index (κ1) is 18.1. The van der Waals surface area contributed by atoms with E-state index in [9.17, 15) is 9.59 Å². The smallest absolute Gasteiger partial charge is 0.244 e. The topological polar surface area (TPSA) is 104 Å². The average molecular weight is 370 g/mol. The summed E-state index contributed by atoms with van der Waals surface area (Å²) in [6.45, 7) is 9.21. The van der Waals surface area contributed by atoms with Crippen molar-refractivity contribution in [1.82, 2.24) is 10.6 Å². The number of carbonyl (C=O) groups is 2. The molecule has 0 aromatic carbocycles. The molecule has 0 aliphatic carbocycles. The van der Waals surface area contributed by atoms with Gasteiger partial charge in [-0.05, 0) is 34.6 Å². The van der Waals surface area contributed by atoms with Gasteiger partial charge in [-0.3, -0.25) is 9.59 Å². The van der Waals surface area contributed by atoms with Crippen LogP contribution in [-0.2, 0) is 33.3 Å². The summed E-state index contributed by atoms with van der Waals surface area (Å²) in [7, 11) is 0. The van der Waals surface area contributed by atoms with Crippen LogP contribution >= 0.6 is 0 Å². The Morgan fingerprint density at radius 3 is 2.35 bits per heavy atom. The summed E-state index contributed by atoms with van der Waals surface area (Å²) in [6.07, 6.45) is -2.11. The minimum atomic E-state index is -1.30. The molecule has 0 aromatic rings. The van der Waals surface area contributed by atoms with E-state index in [-0.39, 0.29) is 18.2 Å². The Morgan fingerprint density at radius 1 is 0.962 bits per heavy atom. The van der Waals surface area contributed by atoms with E-state index in [1.54, 1.807) is 20.8 Å². The highest BCUT2D eigenvalue weighted by molar-refractivity contribution is 5.90. The van der Waals surface area contributed by atoms with E-state index >= 15 is 0 Å². The van der Waals surface area contributed by atoms with Gasteiger partial charge in [0.1, 0.15) is 30.5 Å². The van der Waals surface area contributed by atoms with Crippen molar-refractivity contribution < 1.29 is 33.3 Å². The maximum atomic E-state index is 12.4. The van der Waals surface area contributed by atoms with Crippen molar-refractivity contribution in [2.24, 2.45) is 0 Å². The molecule has 9 heteroatoms. The molecule has 6 atom stereocenters. The first-order valence-corrected chi connectivity index (χ1v) is 8.97. The highest BCUT2D eigenvalue weighted by atomic mass is 16.8. The Labute approximate surface area is 152 Å². The zero-order valence-electron chi connectivity index (χ0n) is 15.7. The highest BCUT2D eigenvalue weighted by Crippen LogP contribution is 2.47. The van der Waals surface area contributed by atoms with Crippen molar-refractivity contribution in [3.05, 3.63) is 0 Å². The normalized spacial score (nSPS) is 46.7. The van der Waals surface area contributed by atoms with Gasteiger partial charge in [0.25, 0.3) is 0 Å². The number of amides is 2. The van der Waals surface area contributed by atoms with Crippen LogP contribution in [0.25, 0.3) is 0 Å². The minimum Gasteiger partial charge on any atom is -0.348 e. The van der Waals surface area contributed by atoms with E-state index in [1.807, 2.05) is 13.8 Å². The van der Waals surface area contributed by atoms with Crippen LogP contribution in [0.5, 0.6) is 0 Å². The average Bonchev–Trinajstić information content (AvgIpc) is 3.07. The number of rotatable bonds is 1. The lowest BCUT2D eigenvalue weighted by Crippen LogP contribution is -2.58. The van der Waals surface area contributed by atoms with Crippen LogP contribution in [0, 0.1) is 0 Å². The predicted octanol–water partition coefficient (Wildman–Crippen LogP) is -0.222. The molecule has 2 N–H and O–H groups in total. The second kappa shape index (κ2) is 5.62. The number of ether oxygens (including phenoxy) is 5. The number of carbonyl (C=O) groups excluding carboxylic acids is 2. The Morgan fingerprint density at radius 2 is 1.69 bits per heavy atom. The zero-order chi connectivity index (χ0) is 18.9. The van der Waals surface area contributed by atoms with Crippen LogP contribution in [-0.4, -0.2) is 66.2 Å². The van der Waals surface area contributed by atoms with Gasteiger partial charge in [-0.2, -0.15) is 0 Å². The minimum absolute atomic E-state index is 0.0584. The molecule has 0 radical (unpaired) electrons. The molecule has 4 aliphatic rings. The summed E-state index contributed by atoms with van der Waals surface area (Å²) in [4.78, 5) is 24.8. The molecule has 2 amide bonds. The SMILES string of the molecule is C[C@@H]1NC(=O)C[C@@]2(NC1=O)O[C@H]([C@H]1COC(C)(C)O1)[C@H]1OC(C)(C)O[C@H]12. The van der Waals surface area contributed by atoms with Crippen LogP contribution in [0.3, 0.4) is 0 Å². The van der Waals surface area contributed by atoms with Gasteiger partial charge in [-0.15, -0.1) is 0 Å². The van der Waals surface area contributed by atoms with Gasteiger partial charge in [-0.25, -0.2) is 0 Å². The van der Waals surface area contributed by atoms with Gasteiger partial charge >= 0.3 is 0 Å². The second-order valence-electron chi connectivity index (χ2n) is 8.32. The van der Waals surface area contributed by atoms with Gasteiger partial charge in [0.15, 0.2) is 17.3 Å². The fourth-order valence-electron chi connectivity index (χ4n) is 4.13. The van der Waals surface area contributed by atoms with E-state index in [1.165, 1.54) is 0 Å². The lowest BCUT2D eigenvalue weighted by molar-refractivity contribution is -0.233.